The Balaban J connectivity index is 1.04. The highest BCUT2D eigenvalue weighted by atomic mass is 35.5. The van der Waals surface area contributed by atoms with Crippen molar-refractivity contribution in [2.45, 2.75) is 54.7 Å². The van der Waals surface area contributed by atoms with E-state index in [2.05, 4.69) is 5.38 Å². The van der Waals surface area contributed by atoms with Crippen molar-refractivity contribution in [1.82, 2.24) is 14.2 Å². The molecule has 0 spiro atoms. The molecular formula is C26H28ClN3O3S3. The topological polar surface area (TPSA) is 70.6 Å². The van der Waals surface area contributed by atoms with Gasteiger partial charge in [0.25, 0.3) is 10.0 Å². The van der Waals surface area contributed by atoms with E-state index >= 15 is 0 Å². The molecule has 0 radical (unpaired) electrons. The van der Waals surface area contributed by atoms with Gasteiger partial charge >= 0.3 is 0 Å². The predicted octanol–water partition coefficient (Wildman–Crippen LogP) is 5.51. The van der Waals surface area contributed by atoms with Crippen LogP contribution >= 0.6 is 34.3 Å². The summed E-state index contributed by atoms with van der Waals surface area (Å²) in [6, 6.07) is 7.02. The zero-order chi connectivity index (χ0) is 24.7. The molecule has 2 aromatic heterocycles. The molecule has 4 saturated carbocycles. The Hall–Kier alpha value is -1.52. The van der Waals surface area contributed by atoms with E-state index in [9.17, 15) is 13.2 Å². The smallest absolute Gasteiger partial charge is 0.253 e. The number of piperazine rings is 1. The molecule has 1 aromatic carbocycles. The minimum atomic E-state index is -3.74. The highest BCUT2D eigenvalue weighted by Gasteiger charge is 2.52. The van der Waals surface area contributed by atoms with Gasteiger partial charge in [0.15, 0.2) is 0 Å². The number of hydrogen-bond acceptors (Lipinski definition) is 6. The van der Waals surface area contributed by atoms with Gasteiger partial charge < -0.3 is 4.90 Å². The lowest BCUT2D eigenvalue weighted by molar-refractivity contribution is -0.134. The molecule has 0 unspecified atom stereocenters. The van der Waals surface area contributed by atoms with Crippen LogP contribution < -0.4 is 0 Å². The molecule has 5 aliphatic rings. The lowest BCUT2D eigenvalue weighted by Crippen LogP contribution is -2.51. The summed E-state index contributed by atoms with van der Waals surface area (Å²) in [4.78, 5) is 19.8. The van der Waals surface area contributed by atoms with Crippen LogP contribution in [0.15, 0.2) is 33.9 Å². The first kappa shape index (κ1) is 23.6. The summed E-state index contributed by atoms with van der Waals surface area (Å²) in [7, 11) is -3.74. The molecule has 1 aliphatic heterocycles. The molecule has 4 bridgehead atoms. The van der Waals surface area contributed by atoms with Crippen molar-refractivity contribution < 1.29 is 13.2 Å². The normalized spacial score (nSPS) is 30.5. The van der Waals surface area contributed by atoms with E-state index in [1.165, 1.54) is 59.9 Å². The molecule has 0 atom stereocenters. The Morgan fingerprint density at radius 1 is 1.06 bits per heavy atom. The van der Waals surface area contributed by atoms with E-state index in [1.807, 2.05) is 6.07 Å². The van der Waals surface area contributed by atoms with E-state index in [-0.39, 0.29) is 28.6 Å². The second-order valence-electron chi connectivity index (χ2n) is 11.2. The number of halogens is 1. The molecule has 5 fully saturated rings. The molecule has 36 heavy (non-hydrogen) atoms. The van der Waals surface area contributed by atoms with Crippen LogP contribution in [0.4, 0.5) is 0 Å². The molecular weight excluding hydrogens is 534 g/mol. The standard InChI is InChI=1S/C26H28ClN3O3S3/c27-20-2-1-19-8-25(35-21(19)9-20)36(32,33)30-4-3-29(24(31)14-30)13-23-28-22(15-34-23)26-10-16-5-17(11-26)7-18(6-16)12-26/h1-2,8-9,15-18H,3-7,10-14H2. The fourth-order valence-corrected chi connectivity index (χ4v) is 11.7. The SMILES string of the molecule is O=C1CN(S(=O)(=O)c2cc3ccc(Cl)cc3s2)CCN1Cc1nc(C23CC4CC(CC(C4)C2)C3)cs1. The number of benzene rings is 1. The predicted molar refractivity (Wildman–Crippen MR) is 143 cm³/mol. The molecule has 0 N–H and O–H groups in total. The van der Waals surface area contributed by atoms with Gasteiger partial charge in [0, 0.05) is 33.6 Å². The quantitative estimate of drug-likeness (QED) is 0.412. The Morgan fingerprint density at radius 3 is 2.47 bits per heavy atom. The number of rotatable bonds is 5. The maximum Gasteiger partial charge on any atom is 0.253 e. The summed E-state index contributed by atoms with van der Waals surface area (Å²) in [5.74, 6) is 2.45. The summed E-state index contributed by atoms with van der Waals surface area (Å²) >= 11 is 8.91. The number of carbonyl (C=O) groups excluding carboxylic acids is 1. The minimum Gasteiger partial charge on any atom is -0.333 e. The summed E-state index contributed by atoms with van der Waals surface area (Å²) < 4.78 is 28.9. The van der Waals surface area contributed by atoms with Crippen molar-refractivity contribution in [3.63, 3.8) is 0 Å². The molecule has 6 nitrogen and oxygen atoms in total. The second kappa shape index (κ2) is 8.50. The first-order valence-corrected chi connectivity index (χ1v) is 16.2. The van der Waals surface area contributed by atoms with Crippen LogP contribution in [-0.4, -0.2) is 48.1 Å². The molecule has 10 heteroatoms. The zero-order valence-corrected chi connectivity index (χ0v) is 23.1. The second-order valence-corrected chi connectivity index (χ2v) is 15.9. The first-order chi connectivity index (χ1) is 17.3. The van der Waals surface area contributed by atoms with Crippen LogP contribution in [0.1, 0.15) is 49.2 Å². The highest BCUT2D eigenvalue weighted by Crippen LogP contribution is 2.60. The van der Waals surface area contributed by atoms with Crippen molar-refractivity contribution in [2.24, 2.45) is 17.8 Å². The minimum absolute atomic E-state index is 0.134. The van der Waals surface area contributed by atoms with Crippen molar-refractivity contribution in [3.05, 3.63) is 45.4 Å². The number of thiazole rings is 1. The summed E-state index contributed by atoms with van der Waals surface area (Å²) in [6.45, 7) is 0.993. The molecule has 1 amide bonds. The summed E-state index contributed by atoms with van der Waals surface area (Å²) in [5.41, 5.74) is 1.51. The molecule has 4 aliphatic carbocycles. The van der Waals surface area contributed by atoms with Gasteiger partial charge in [0.2, 0.25) is 5.91 Å². The van der Waals surface area contributed by atoms with Gasteiger partial charge in [0.05, 0.1) is 18.8 Å². The lowest BCUT2D eigenvalue weighted by atomic mass is 9.49. The van der Waals surface area contributed by atoms with Crippen LogP contribution in [-0.2, 0) is 26.8 Å². The average molecular weight is 562 g/mol. The molecule has 3 aromatic rings. The third kappa shape index (κ3) is 3.93. The van der Waals surface area contributed by atoms with Gasteiger partial charge in [-0.2, -0.15) is 4.31 Å². The maximum absolute atomic E-state index is 13.3. The maximum atomic E-state index is 13.3. The summed E-state index contributed by atoms with van der Waals surface area (Å²) in [6.07, 6.45) is 8.07. The van der Waals surface area contributed by atoms with Crippen LogP contribution in [0, 0.1) is 17.8 Å². The molecule has 1 saturated heterocycles. The van der Waals surface area contributed by atoms with Crippen molar-refractivity contribution in [1.29, 1.82) is 0 Å². The number of hydrogen-bond donors (Lipinski definition) is 0. The number of aromatic nitrogens is 1. The van der Waals surface area contributed by atoms with E-state index in [0.29, 0.717) is 18.1 Å². The van der Waals surface area contributed by atoms with Gasteiger partial charge in [0.1, 0.15) is 9.22 Å². The molecule has 190 valence electrons. The van der Waals surface area contributed by atoms with E-state index < -0.39 is 10.0 Å². The van der Waals surface area contributed by atoms with E-state index in [4.69, 9.17) is 16.6 Å². The number of nitrogens with zero attached hydrogens (tertiary/aromatic N) is 3. The average Bonchev–Trinajstić information content (AvgIpc) is 3.47. The third-order valence-electron chi connectivity index (χ3n) is 8.80. The Labute approximate surface area is 224 Å². The Morgan fingerprint density at radius 2 is 1.78 bits per heavy atom. The fraction of sp³-hybridized carbons (Fsp3) is 0.538. The number of carbonyl (C=O) groups is 1. The van der Waals surface area contributed by atoms with Crippen LogP contribution in [0.2, 0.25) is 5.02 Å². The Bertz CT molecular complexity index is 1430. The van der Waals surface area contributed by atoms with Gasteiger partial charge in [-0.15, -0.1) is 22.7 Å². The van der Waals surface area contributed by atoms with Crippen LogP contribution in [0.5, 0.6) is 0 Å². The number of sulfonamides is 1. The Kier molecular flexibility index (Phi) is 5.57. The van der Waals surface area contributed by atoms with Gasteiger partial charge in [-0.25, -0.2) is 13.4 Å². The largest absolute Gasteiger partial charge is 0.333 e. The van der Waals surface area contributed by atoms with E-state index in [1.54, 1.807) is 34.4 Å². The summed E-state index contributed by atoms with van der Waals surface area (Å²) in [5, 5.41) is 4.62. The van der Waals surface area contributed by atoms with Crippen molar-refractivity contribution >= 4 is 60.3 Å². The van der Waals surface area contributed by atoms with Gasteiger partial charge in [-0.3, -0.25) is 4.79 Å². The fourth-order valence-electron chi connectivity index (χ4n) is 7.51. The van der Waals surface area contributed by atoms with Gasteiger partial charge in [-0.05, 0) is 79.9 Å². The number of thiophene rings is 1. The van der Waals surface area contributed by atoms with Crippen LogP contribution in [0.3, 0.4) is 0 Å². The first-order valence-electron chi connectivity index (χ1n) is 12.7. The third-order valence-corrected chi connectivity index (χ3v) is 13.3. The number of amides is 1. The number of fused-ring (bicyclic) bond motifs is 1. The lowest BCUT2D eigenvalue weighted by Gasteiger charge is -2.56. The van der Waals surface area contributed by atoms with Crippen molar-refractivity contribution in [3.8, 4) is 0 Å². The highest BCUT2D eigenvalue weighted by molar-refractivity contribution is 7.91. The monoisotopic (exact) mass is 561 g/mol. The molecule has 8 rings (SSSR count). The molecule has 3 heterocycles. The van der Waals surface area contributed by atoms with Crippen molar-refractivity contribution in [2.75, 3.05) is 19.6 Å². The zero-order valence-electron chi connectivity index (χ0n) is 19.9. The van der Waals surface area contributed by atoms with Gasteiger partial charge in [-0.1, -0.05) is 17.7 Å². The van der Waals surface area contributed by atoms with E-state index in [0.717, 1.165) is 32.8 Å². The van der Waals surface area contributed by atoms with Crippen LogP contribution in [0.25, 0.3) is 10.1 Å².